The van der Waals surface area contributed by atoms with Crippen LogP contribution in [0.4, 0.5) is 4.39 Å². The van der Waals surface area contributed by atoms with E-state index >= 15 is 0 Å². The summed E-state index contributed by atoms with van der Waals surface area (Å²) >= 11 is 0. The SMILES string of the molecule is O=C(O)C1CCCN(C(=O)C2(c3ccc(F)cc3)CC2)C1. The van der Waals surface area contributed by atoms with Crippen LogP contribution in [0.25, 0.3) is 0 Å². The van der Waals surface area contributed by atoms with Crippen LogP contribution in [-0.4, -0.2) is 35.0 Å². The summed E-state index contributed by atoms with van der Waals surface area (Å²) in [5.74, 6) is -1.61. The molecule has 1 amide bonds. The van der Waals surface area contributed by atoms with Gasteiger partial charge in [0.2, 0.25) is 5.91 Å². The van der Waals surface area contributed by atoms with E-state index in [-0.39, 0.29) is 18.3 Å². The van der Waals surface area contributed by atoms with Gasteiger partial charge in [0.25, 0.3) is 0 Å². The fraction of sp³-hybridized carbons (Fsp3) is 0.500. The van der Waals surface area contributed by atoms with Crippen molar-refractivity contribution in [2.24, 2.45) is 5.92 Å². The molecule has 1 aromatic carbocycles. The third-order valence-electron chi connectivity index (χ3n) is 4.61. The number of benzene rings is 1. The van der Waals surface area contributed by atoms with Crippen molar-refractivity contribution in [3.63, 3.8) is 0 Å². The van der Waals surface area contributed by atoms with Crippen LogP contribution in [0.2, 0.25) is 0 Å². The minimum absolute atomic E-state index is 0.0000539. The van der Waals surface area contributed by atoms with E-state index in [2.05, 4.69) is 0 Å². The summed E-state index contributed by atoms with van der Waals surface area (Å²) in [5, 5.41) is 9.12. The highest BCUT2D eigenvalue weighted by Crippen LogP contribution is 2.50. The zero-order chi connectivity index (χ0) is 15.0. The molecule has 1 atom stereocenters. The number of hydrogen-bond acceptors (Lipinski definition) is 2. The van der Waals surface area contributed by atoms with Gasteiger partial charge in [-0.15, -0.1) is 0 Å². The Hall–Kier alpha value is -1.91. The lowest BCUT2D eigenvalue weighted by Crippen LogP contribution is -2.46. The summed E-state index contributed by atoms with van der Waals surface area (Å²) in [6.45, 7) is 0.905. The zero-order valence-corrected chi connectivity index (χ0v) is 11.7. The fourth-order valence-corrected chi connectivity index (χ4v) is 3.19. The average Bonchev–Trinajstić information content (AvgIpc) is 3.29. The third kappa shape index (κ3) is 2.52. The van der Waals surface area contributed by atoms with Crippen molar-refractivity contribution in [1.82, 2.24) is 4.90 Å². The molecule has 1 N–H and O–H groups in total. The van der Waals surface area contributed by atoms with Crippen LogP contribution < -0.4 is 0 Å². The molecule has 0 spiro atoms. The molecular weight excluding hydrogens is 273 g/mol. The predicted molar refractivity (Wildman–Crippen MR) is 74.3 cm³/mol. The molecule has 1 saturated heterocycles. The largest absolute Gasteiger partial charge is 0.481 e. The molecule has 2 aliphatic rings. The number of likely N-dealkylation sites (tertiary alicyclic amines) is 1. The Bertz CT molecular complexity index is 565. The summed E-state index contributed by atoms with van der Waals surface area (Å²) < 4.78 is 13.0. The van der Waals surface area contributed by atoms with Gasteiger partial charge in [-0.25, -0.2) is 4.39 Å². The predicted octanol–water partition coefficient (Wildman–Crippen LogP) is 2.18. The Morgan fingerprint density at radius 1 is 1.24 bits per heavy atom. The highest BCUT2D eigenvalue weighted by atomic mass is 19.1. The molecule has 2 fully saturated rings. The van der Waals surface area contributed by atoms with Crippen LogP contribution in [0.5, 0.6) is 0 Å². The standard InChI is InChI=1S/C16H18FNO3/c17-13-5-3-12(4-6-13)16(7-8-16)15(21)18-9-1-2-11(10-18)14(19)20/h3-6,11H,1-2,7-10H2,(H,19,20). The first-order chi connectivity index (χ1) is 10.0. The molecule has 5 heteroatoms. The highest BCUT2D eigenvalue weighted by Gasteiger charge is 2.53. The molecule has 1 aliphatic carbocycles. The number of halogens is 1. The first kappa shape index (κ1) is 14.0. The van der Waals surface area contributed by atoms with E-state index in [1.165, 1.54) is 12.1 Å². The van der Waals surface area contributed by atoms with E-state index in [4.69, 9.17) is 5.11 Å². The number of amides is 1. The molecule has 3 rings (SSSR count). The second-order valence-electron chi connectivity index (χ2n) is 6.02. The number of piperidine rings is 1. The van der Waals surface area contributed by atoms with Gasteiger partial charge in [0, 0.05) is 13.1 Å². The molecule has 112 valence electrons. The molecule has 1 unspecified atom stereocenters. The van der Waals surface area contributed by atoms with Crippen molar-refractivity contribution >= 4 is 11.9 Å². The van der Waals surface area contributed by atoms with Crippen molar-refractivity contribution in [2.75, 3.05) is 13.1 Å². The molecular formula is C16H18FNO3. The Morgan fingerprint density at radius 2 is 1.90 bits per heavy atom. The van der Waals surface area contributed by atoms with Gasteiger partial charge >= 0.3 is 5.97 Å². The lowest BCUT2D eigenvalue weighted by molar-refractivity contribution is -0.146. The van der Waals surface area contributed by atoms with Gasteiger partial charge in [0.05, 0.1) is 11.3 Å². The zero-order valence-electron chi connectivity index (χ0n) is 11.7. The number of carbonyl (C=O) groups excluding carboxylic acids is 1. The normalized spacial score (nSPS) is 23.7. The third-order valence-corrected chi connectivity index (χ3v) is 4.61. The first-order valence-corrected chi connectivity index (χ1v) is 7.31. The van der Waals surface area contributed by atoms with Crippen molar-refractivity contribution in [3.8, 4) is 0 Å². The average molecular weight is 291 g/mol. The lowest BCUT2D eigenvalue weighted by atomic mass is 9.91. The topological polar surface area (TPSA) is 57.6 Å². The first-order valence-electron chi connectivity index (χ1n) is 7.31. The van der Waals surface area contributed by atoms with Crippen LogP contribution in [-0.2, 0) is 15.0 Å². The van der Waals surface area contributed by atoms with Crippen molar-refractivity contribution in [3.05, 3.63) is 35.6 Å². The van der Waals surface area contributed by atoms with E-state index in [1.54, 1.807) is 17.0 Å². The van der Waals surface area contributed by atoms with Crippen molar-refractivity contribution < 1.29 is 19.1 Å². The maximum absolute atomic E-state index is 13.0. The van der Waals surface area contributed by atoms with E-state index in [0.717, 1.165) is 24.8 Å². The van der Waals surface area contributed by atoms with Gasteiger partial charge in [-0.2, -0.15) is 0 Å². The maximum atomic E-state index is 13.0. The van der Waals surface area contributed by atoms with Crippen LogP contribution in [0.15, 0.2) is 24.3 Å². The van der Waals surface area contributed by atoms with Crippen LogP contribution >= 0.6 is 0 Å². The van der Waals surface area contributed by atoms with E-state index in [0.29, 0.717) is 13.0 Å². The summed E-state index contributed by atoms with van der Waals surface area (Å²) in [4.78, 5) is 25.6. The lowest BCUT2D eigenvalue weighted by Gasteiger charge is -2.33. The highest BCUT2D eigenvalue weighted by molar-refractivity contribution is 5.91. The van der Waals surface area contributed by atoms with E-state index < -0.39 is 17.3 Å². The Labute approximate surface area is 122 Å². The summed E-state index contributed by atoms with van der Waals surface area (Å²) in [7, 11) is 0. The molecule has 0 aromatic heterocycles. The number of hydrogen-bond donors (Lipinski definition) is 1. The number of aliphatic carboxylic acids is 1. The number of rotatable bonds is 3. The molecule has 0 radical (unpaired) electrons. The van der Waals surface area contributed by atoms with Crippen LogP contribution in [0.3, 0.4) is 0 Å². The fourth-order valence-electron chi connectivity index (χ4n) is 3.19. The van der Waals surface area contributed by atoms with Gasteiger partial charge in [0.1, 0.15) is 5.82 Å². The van der Waals surface area contributed by atoms with Gasteiger partial charge in [-0.3, -0.25) is 9.59 Å². The minimum Gasteiger partial charge on any atom is -0.481 e. The second kappa shape index (κ2) is 5.13. The van der Waals surface area contributed by atoms with Crippen molar-refractivity contribution in [2.45, 2.75) is 31.1 Å². The summed E-state index contributed by atoms with van der Waals surface area (Å²) in [5.41, 5.74) is 0.292. The Morgan fingerprint density at radius 3 is 2.48 bits per heavy atom. The van der Waals surface area contributed by atoms with Crippen LogP contribution in [0, 0.1) is 11.7 Å². The second-order valence-corrected chi connectivity index (χ2v) is 6.02. The molecule has 1 saturated carbocycles. The molecule has 1 heterocycles. The summed E-state index contributed by atoms with van der Waals surface area (Å²) in [6, 6.07) is 6.08. The number of carboxylic acid groups (broad SMARTS) is 1. The number of carboxylic acids is 1. The van der Waals surface area contributed by atoms with Gasteiger partial charge in [0.15, 0.2) is 0 Å². The molecule has 21 heavy (non-hydrogen) atoms. The molecule has 4 nitrogen and oxygen atoms in total. The minimum atomic E-state index is -0.834. The van der Waals surface area contributed by atoms with Crippen molar-refractivity contribution in [1.29, 1.82) is 0 Å². The van der Waals surface area contributed by atoms with E-state index in [1.807, 2.05) is 0 Å². The molecule has 1 aromatic rings. The number of nitrogens with zero attached hydrogens (tertiary/aromatic N) is 1. The summed E-state index contributed by atoms with van der Waals surface area (Å²) in [6.07, 6.45) is 2.86. The number of carbonyl (C=O) groups is 2. The van der Waals surface area contributed by atoms with E-state index in [9.17, 15) is 14.0 Å². The van der Waals surface area contributed by atoms with Gasteiger partial charge in [-0.1, -0.05) is 12.1 Å². The Balaban J connectivity index is 1.78. The Kier molecular flexibility index (Phi) is 3.43. The van der Waals surface area contributed by atoms with Gasteiger partial charge in [-0.05, 0) is 43.4 Å². The molecule has 0 bridgehead atoms. The van der Waals surface area contributed by atoms with Gasteiger partial charge < -0.3 is 10.0 Å². The smallest absolute Gasteiger partial charge is 0.308 e. The monoisotopic (exact) mass is 291 g/mol. The molecule has 1 aliphatic heterocycles. The maximum Gasteiger partial charge on any atom is 0.308 e. The quantitative estimate of drug-likeness (QED) is 0.928. The van der Waals surface area contributed by atoms with Crippen LogP contribution in [0.1, 0.15) is 31.2 Å².